The molecule has 4 aromatic heterocycles. The molecule has 142 valence electrons. The highest BCUT2D eigenvalue weighted by Gasteiger charge is 2.42. The molecule has 8 heteroatoms. The van der Waals surface area contributed by atoms with Crippen molar-refractivity contribution >= 4 is 5.65 Å². The summed E-state index contributed by atoms with van der Waals surface area (Å²) in [5, 5.41) is 22.4. The van der Waals surface area contributed by atoms with Gasteiger partial charge in [0.2, 0.25) is 0 Å². The fraction of sp³-hybridized carbons (Fsp3) is 0.450. The first-order valence-corrected chi connectivity index (χ1v) is 9.86. The zero-order chi connectivity index (χ0) is 19.0. The molecule has 0 radical (unpaired) electrons. The quantitative estimate of drug-likeness (QED) is 0.549. The molecule has 0 bridgehead atoms. The molecule has 6 rings (SSSR count). The first-order valence-electron chi connectivity index (χ1n) is 9.86. The van der Waals surface area contributed by atoms with E-state index in [4.69, 9.17) is 10.2 Å². The first-order chi connectivity index (χ1) is 13.6. The minimum Gasteiger partial charge on any atom is -0.269 e. The highest BCUT2D eigenvalue weighted by atomic mass is 15.4. The minimum absolute atomic E-state index is 0.471. The zero-order valence-electron chi connectivity index (χ0n) is 16.2. The summed E-state index contributed by atoms with van der Waals surface area (Å²) in [5.74, 6) is 1.79. The van der Waals surface area contributed by atoms with E-state index in [1.807, 2.05) is 36.3 Å². The second kappa shape index (κ2) is 5.50. The second-order valence-corrected chi connectivity index (χ2v) is 8.21. The van der Waals surface area contributed by atoms with Gasteiger partial charge in [0.15, 0.2) is 11.5 Å². The lowest BCUT2D eigenvalue weighted by Gasteiger charge is -2.04. The summed E-state index contributed by atoms with van der Waals surface area (Å²) >= 11 is 0. The molecule has 2 unspecified atom stereocenters. The van der Waals surface area contributed by atoms with Crippen molar-refractivity contribution in [2.45, 2.75) is 51.0 Å². The number of nitrogens with zero attached hydrogens (tertiary/aromatic N) is 8. The molecule has 0 aliphatic heterocycles. The molecule has 0 amide bonds. The molecule has 8 nitrogen and oxygen atoms in total. The van der Waals surface area contributed by atoms with Crippen LogP contribution in [0.4, 0.5) is 0 Å². The van der Waals surface area contributed by atoms with Crippen molar-refractivity contribution in [3.8, 4) is 11.4 Å². The fourth-order valence-corrected chi connectivity index (χ4v) is 4.14. The average Bonchev–Trinajstić information content (AvgIpc) is 3.56. The Hall–Kier alpha value is -3.03. The Morgan fingerprint density at radius 3 is 2.71 bits per heavy atom. The van der Waals surface area contributed by atoms with Crippen molar-refractivity contribution in [2.75, 3.05) is 0 Å². The van der Waals surface area contributed by atoms with Crippen molar-refractivity contribution in [3.63, 3.8) is 0 Å². The van der Waals surface area contributed by atoms with Crippen LogP contribution in [0.3, 0.4) is 0 Å². The molecule has 2 atom stereocenters. The maximum atomic E-state index is 4.81. The van der Waals surface area contributed by atoms with Gasteiger partial charge in [-0.15, -0.1) is 10.2 Å². The van der Waals surface area contributed by atoms with Crippen LogP contribution >= 0.6 is 0 Å². The summed E-state index contributed by atoms with van der Waals surface area (Å²) in [5.41, 5.74) is 6.27. The third-order valence-corrected chi connectivity index (χ3v) is 6.01. The van der Waals surface area contributed by atoms with Crippen LogP contribution in [0, 0.1) is 13.8 Å². The van der Waals surface area contributed by atoms with E-state index < -0.39 is 0 Å². The van der Waals surface area contributed by atoms with E-state index in [-0.39, 0.29) is 0 Å². The standard InChI is InChI=1S/C20H22N8/c1-11-6-18(25-28-12(2)22-23-20(11)28)19-8-17(24-26(19)3)16-7-15(16)13-9-21-27(10-13)14-4-5-14/h6,8-10,14-16H,4-5,7H2,1-3H3. The molecular formula is C20H22N8. The summed E-state index contributed by atoms with van der Waals surface area (Å²) in [4.78, 5) is 0. The first kappa shape index (κ1) is 16.0. The number of rotatable bonds is 4. The van der Waals surface area contributed by atoms with Crippen molar-refractivity contribution in [2.24, 2.45) is 7.05 Å². The van der Waals surface area contributed by atoms with E-state index in [0.717, 1.165) is 40.5 Å². The van der Waals surface area contributed by atoms with E-state index in [1.165, 1.54) is 18.4 Å². The second-order valence-electron chi connectivity index (χ2n) is 8.21. The lowest BCUT2D eigenvalue weighted by atomic mass is 10.1. The van der Waals surface area contributed by atoms with E-state index in [1.54, 1.807) is 0 Å². The van der Waals surface area contributed by atoms with Crippen LogP contribution in [0.1, 0.15) is 59.8 Å². The molecule has 2 aliphatic rings. The number of aryl methyl sites for hydroxylation is 3. The molecular weight excluding hydrogens is 352 g/mol. The van der Waals surface area contributed by atoms with Crippen LogP contribution < -0.4 is 0 Å². The highest BCUT2D eigenvalue weighted by Crippen LogP contribution is 2.54. The van der Waals surface area contributed by atoms with Crippen molar-refractivity contribution in [1.82, 2.24) is 39.4 Å². The molecule has 0 N–H and O–H groups in total. The lowest BCUT2D eigenvalue weighted by Crippen LogP contribution is -2.02. The predicted molar refractivity (Wildman–Crippen MR) is 103 cm³/mol. The average molecular weight is 374 g/mol. The van der Waals surface area contributed by atoms with Gasteiger partial charge in [-0.25, -0.2) is 0 Å². The fourth-order valence-electron chi connectivity index (χ4n) is 4.14. The van der Waals surface area contributed by atoms with Crippen LogP contribution in [-0.4, -0.2) is 39.4 Å². The summed E-state index contributed by atoms with van der Waals surface area (Å²) in [6, 6.07) is 4.88. The predicted octanol–water partition coefficient (Wildman–Crippen LogP) is 2.94. The Labute approximate surface area is 162 Å². The van der Waals surface area contributed by atoms with Gasteiger partial charge in [-0.05, 0) is 62.3 Å². The summed E-state index contributed by atoms with van der Waals surface area (Å²) in [7, 11) is 1.99. The monoisotopic (exact) mass is 374 g/mol. The minimum atomic E-state index is 0.471. The molecule has 0 aromatic carbocycles. The van der Waals surface area contributed by atoms with Crippen molar-refractivity contribution < 1.29 is 0 Å². The maximum absolute atomic E-state index is 4.81. The Kier molecular flexibility index (Phi) is 3.14. The summed E-state index contributed by atoms with van der Waals surface area (Å²) < 4.78 is 5.88. The Bertz CT molecular complexity index is 1210. The number of aromatic nitrogens is 8. The number of hydrogen-bond donors (Lipinski definition) is 0. The molecule has 4 aromatic rings. The Morgan fingerprint density at radius 1 is 1.04 bits per heavy atom. The summed E-state index contributed by atoms with van der Waals surface area (Å²) in [6.45, 7) is 3.96. The van der Waals surface area contributed by atoms with E-state index >= 15 is 0 Å². The van der Waals surface area contributed by atoms with Gasteiger partial charge in [-0.3, -0.25) is 9.36 Å². The van der Waals surface area contributed by atoms with Gasteiger partial charge in [0, 0.05) is 19.2 Å². The largest absolute Gasteiger partial charge is 0.269 e. The molecule has 0 saturated heterocycles. The van der Waals surface area contributed by atoms with Gasteiger partial charge in [0.25, 0.3) is 0 Å². The van der Waals surface area contributed by atoms with Crippen LogP contribution in [0.2, 0.25) is 0 Å². The number of hydrogen-bond acceptors (Lipinski definition) is 5. The third-order valence-electron chi connectivity index (χ3n) is 6.01. The zero-order valence-corrected chi connectivity index (χ0v) is 16.2. The van der Waals surface area contributed by atoms with Crippen molar-refractivity contribution in [1.29, 1.82) is 0 Å². The van der Waals surface area contributed by atoms with E-state index in [2.05, 4.69) is 38.3 Å². The van der Waals surface area contributed by atoms with Crippen LogP contribution in [0.25, 0.3) is 17.0 Å². The van der Waals surface area contributed by atoms with Gasteiger partial charge in [-0.1, -0.05) is 0 Å². The third kappa shape index (κ3) is 2.40. The Balaban J connectivity index is 1.31. The summed E-state index contributed by atoms with van der Waals surface area (Å²) in [6.07, 6.45) is 7.95. The van der Waals surface area contributed by atoms with Gasteiger partial charge < -0.3 is 0 Å². The van der Waals surface area contributed by atoms with Crippen LogP contribution in [0.15, 0.2) is 24.5 Å². The van der Waals surface area contributed by atoms with Gasteiger partial charge >= 0.3 is 0 Å². The molecule has 2 fully saturated rings. The van der Waals surface area contributed by atoms with Crippen LogP contribution in [0.5, 0.6) is 0 Å². The van der Waals surface area contributed by atoms with Crippen molar-refractivity contribution in [3.05, 3.63) is 47.2 Å². The van der Waals surface area contributed by atoms with Gasteiger partial charge in [-0.2, -0.15) is 19.8 Å². The normalized spacial score (nSPS) is 21.5. The molecule has 2 aliphatic carbocycles. The van der Waals surface area contributed by atoms with Gasteiger partial charge in [0.05, 0.1) is 23.6 Å². The van der Waals surface area contributed by atoms with Crippen LogP contribution in [-0.2, 0) is 7.05 Å². The molecule has 2 saturated carbocycles. The topological polar surface area (TPSA) is 78.7 Å². The van der Waals surface area contributed by atoms with Gasteiger partial charge in [0.1, 0.15) is 5.69 Å². The lowest BCUT2D eigenvalue weighted by molar-refractivity contribution is 0.641. The molecule has 0 spiro atoms. The van der Waals surface area contributed by atoms with E-state index in [9.17, 15) is 0 Å². The number of fused-ring (bicyclic) bond motifs is 1. The Morgan fingerprint density at radius 2 is 1.89 bits per heavy atom. The SMILES string of the molecule is Cc1cc(-c2cc(C3CC3c3cnn(C4CC4)c3)nn2C)nn2c(C)nnc12. The molecule has 4 heterocycles. The highest BCUT2D eigenvalue weighted by molar-refractivity contribution is 5.60. The smallest absolute Gasteiger partial charge is 0.180 e. The maximum Gasteiger partial charge on any atom is 0.180 e. The molecule has 28 heavy (non-hydrogen) atoms. The van der Waals surface area contributed by atoms with E-state index in [0.29, 0.717) is 17.9 Å².